The van der Waals surface area contributed by atoms with Gasteiger partial charge in [-0.05, 0) is 49.6 Å². The molecule has 2 aromatic carbocycles. The van der Waals surface area contributed by atoms with Crippen LogP contribution >= 0.6 is 0 Å². The molecule has 0 bridgehead atoms. The van der Waals surface area contributed by atoms with E-state index in [4.69, 9.17) is 4.74 Å². The number of rotatable bonds is 5. The molecule has 0 aliphatic rings. The van der Waals surface area contributed by atoms with E-state index in [1.807, 2.05) is 12.1 Å². The standard InChI is InChI=1S/C18H23NO/c1-13-5-6-17(14(2)11-13)12-19-15(3)16-7-9-18(20-4)10-8-16/h5-11,15,19H,12H2,1-4H3/t15-/m0/s1. The van der Waals surface area contributed by atoms with E-state index in [2.05, 4.69) is 56.4 Å². The van der Waals surface area contributed by atoms with Gasteiger partial charge in [0, 0.05) is 12.6 Å². The first kappa shape index (κ1) is 14.6. The lowest BCUT2D eigenvalue weighted by atomic mass is 10.0. The zero-order valence-corrected chi connectivity index (χ0v) is 12.7. The van der Waals surface area contributed by atoms with E-state index >= 15 is 0 Å². The van der Waals surface area contributed by atoms with Gasteiger partial charge >= 0.3 is 0 Å². The maximum atomic E-state index is 5.18. The molecule has 1 atom stereocenters. The summed E-state index contributed by atoms with van der Waals surface area (Å²) in [5.41, 5.74) is 5.29. The van der Waals surface area contributed by atoms with Crippen LogP contribution in [0.5, 0.6) is 5.75 Å². The van der Waals surface area contributed by atoms with E-state index in [0.29, 0.717) is 6.04 Å². The molecule has 0 aliphatic heterocycles. The number of aryl methyl sites for hydroxylation is 2. The molecule has 0 fully saturated rings. The minimum absolute atomic E-state index is 0.321. The molecular weight excluding hydrogens is 246 g/mol. The average molecular weight is 269 g/mol. The van der Waals surface area contributed by atoms with E-state index in [1.165, 1.54) is 22.3 Å². The van der Waals surface area contributed by atoms with Gasteiger partial charge in [-0.2, -0.15) is 0 Å². The molecule has 0 aromatic heterocycles. The fourth-order valence-corrected chi connectivity index (χ4v) is 2.32. The third-order valence-electron chi connectivity index (χ3n) is 3.71. The van der Waals surface area contributed by atoms with Crippen molar-refractivity contribution in [3.63, 3.8) is 0 Å². The van der Waals surface area contributed by atoms with Crippen molar-refractivity contribution in [1.82, 2.24) is 5.32 Å². The number of methoxy groups -OCH3 is 1. The second kappa shape index (κ2) is 6.58. The highest BCUT2D eigenvalue weighted by Gasteiger charge is 2.06. The summed E-state index contributed by atoms with van der Waals surface area (Å²) in [5, 5.41) is 3.57. The first-order valence-corrected chi connectivity index (χ1v) is 7.03. The molecule has 0 saturated carbocycles. The van der Waals surface area contributed by atoms with Gasteiger partial charge in [-0.1, -0.05) is 35.9 Å². The quantitative estimate of drug-likeness (QED) is 0.880. The fourth-order valence-electron chi connectivity index (χ4n) is 2.32. The summed E-state index contributed by atoms with van der Waals surface area (Å²) < 4.78 is 5.18. The Labute approximate surface area is 121 Å². The lowest BCUT2D eigenvalue weighted by Crippen LogP contribution is -2.18. The minimum atomic E-state index is 0.321. The summed E-state index contributed by atoms with van der Waals surface area (Å²) in [6.45, 7) is 7.37. The van der Waals surface area contributed by atoms with Crippen molar-refractivity contribution < 1.29 is 4.74 Å². The molecule has 0 heterocycles. The van der Waals surface area contributed by atoms with Crippen LogP contribution < -0.4 is 10.1 Å². The number of nitrogens with one attached hydrogen (secondary N) is 1. The maximum Gasteiger partial charge on any atom is 0.118 e. The predicted octanol–water partition coefficient (Wildman–Crippen LogP) is 4.16. The van der Waals surface area contributed by atoms with Gasteiger partial charge in [-0.15, -0.1) is 0 Å². The van der Waals surface area contributed by atoms with Gasteiger partial charge in [0.25, 0.3) is 0 Å². The van der Waals surface area contributed by atoms with E-state index in [-0.39, 0.29) is 0 Å². The molecule has 0 amide bonds. The molecule has 0 spiro atoms. The van der Waals surface area contributed by atoms with Crippen LogP contribution in [0.4, 0.5) is 0 Å². The minimum Gasteiger partial charge on any atom is -0.497 e. The Morgan fingerprint density at radius 1 is 1.05 bits per heavy atom. The lowest BCUT2D eigenvalue weighted by molar-refractivity contribution is 0.414. The van der Waals surface area contributed by atoms with Crippen LogP contribution in [0.15, 0.2) is 42.5 Å². The van der Waals surface area contributed by atoms with Gasteiger partial charge in [0.05, 0.1) is 7.11 Å². The molecule has 2 aromatic rings. The third kappa shape index (κ3) is 3.61. The number of hydrogen-bond donors (Lipinski definition) is 1. The molecule has 20 heavy (non-hydrogen) atoms. The van der Waals surface area contributed by atoms with Crippen LogP contribution in [-0.2, 0) is 6.54 Å². The fraction of sp³-hybridized carbons (Fsp3) is 0.333. The van der Waals surface area contributed by atoms with E-state index < -0.39 is 0 Å². The molecule has 106 valence electrons. The summed E-state index contributed by atoms with van der Waals surface area (Å²) in [7, 11) is 1.69. The van der Waals surface area contributed by atoms with Crippen LogP contribution in [0.25, 0.3) is 0 Å². The van der Waals surface area contributed by atoms with Gasteiger partial charge in [0.15, 0.2) is 0 Å². The van der Waals surface area contributed by atoms with E-state index in [0.717, 1.165) is 12.3 Å². The monoisotopic (exact) mass is 269 g/mol. The Morgan fingerprint density at radius 3 is 2.35 bits per heavy atom. The molecule has 2 heteroatoms. The van der Waals surface area contributed by atoms with Crippen LogP contribution in [0.1, 0.15) is 35.2 Å². The second-order valence-electron chi connectivity index (χ2n) is 5.31. The van der Waals surface area contributed by atoms with Crippen LogP contribution in [0.3, 0.4) is 0 Å². The van der Waals surface area contributed by atoms with Gasteiger partial charge in [-0.3, -0.25) is 0 Å². The van der Waals surface area contributed by atoms with Crippen molar-refractivity contribution in [3.05, 3.63) is 64.7 Å². The Hall–Kier alpha value is -1.80. The highest BCUT2D eigenvalue weighted by atomic mass is 16.5. The second-order valence-corrected chi connectivity index (χ2v) is 5.31. The van der Waals surface area contributed by atoms with Crippen molar-refractivity contribution in [1.29, 1.82) is 0 Å². The highest BCUT2D eigenvalue weighted by molar-refractivity contribution is 5.31. The topological polar surface area (TPSA) is 21.3 Å². The van der Waals surface area contributed by atoms with E-state index in [1.54, 1.807) is 7.11 Å². The molecule has 0 saturated heterocycles. The predicted molar refractivity (Wildman–Crippen MR) is 84.2 cm³/mol. The van der Waals surface area contributed by atoms with Gasteiger partial charge in [0.2, 0.25) is 0 Å². The SMILES string of the molecule is COc1ccc([C@H](C)NCc2ccc(C)cc2C)cc1. The molecule has 0 radical (unpaired) electrons. The Bertz CT molecular complexity index is 560. The molecule has 2 rings (SSSR count). The summed E-state index contributed by atoms with van der Waals surface area (Å²) in [6.07, 6.45) is 0. The first-order chi connectivity index (χ1) is 9.60. The largest absolute Gasteiger partial charge is 0.497 e. The van der Waals surface area contributed by atoms with Crippen molar-refractivity contribution >= 4 is 0 Å². The van der Waals surface area contributed by atoms with Crippen LogP contribution in [0.2, 0.25) is 0 Å². The zero-order chi connectivity index (χ0) is 14.5. The van der Waals surface area contributed by atoms with Crippen molar-refractivity contribution in [3.8, 4) is 5.75 Å². The summed E-state index contributed by atoms with van der Waals surface area (Å²) in [5.74, 6) is 0.898. The van der Waals surface area contributed by atoms with Crippen molar-refractivity contribution in [2.24, 2.45) is 0 Å². The highest BCUT2D eigenvalue weighted by Crippen LogP contribution is 2.18. The van der Waals surface area contributed by atoms with Crippen LogP contribution in [0, 0.1) is 13.8 Å². The lowest BCUT2D eigenvalue weighted by Gasteiger charge is -2.16. The van der Waals surface area contributed by atoms with Crippen LogP contribution in [-0.4, -0.2) is 7.11 Å². The molecular formula is C18H23NO. The summed E-state index contributed by atoms with van der Waals surface area (Å²) in [6, 6.07) is 15.2. The van der Waals surface area contributed by atoms with Gasteiger partial charge < -0.3 is 10.1 Å². The third-order valence-corrected chi connectivity index (χ3v) is 3.71. The zero-order valence-electron chi connectivity index (χ0n) is 12.7. The number of ether oxygens (including phenoxy) is 1. The molecule has 1 N–H and O–H groups in total. The summed E-state index contributed by atoms with van der Waals surface area (Å²) in [4.78, 5) is 0. The van der Waals surface area contributed by atoms with Crippen molar-refractivity contribution in [2.45, 2.75) is 33.4 Å². The first-order valence-electron chi connectivity index (χ1n) is 7.03. The van der Waals surface area contributed by atoms with Crippen molar-refractivity contribution in [2.75, 3.05) is 7.11 Å². The average Bonchev–Trinajstić information content (AvgIpc) is 2.46. The smallest absolute Gasteiger partial charge is 0.118 e. The normalized spacial score (nSPS) is 12.2. The Morgan fingerprint density at radius 2 is 1.75 bits per heavy atom. The van der Waals surface area contributed by atoms with E-state index in [9.17, 15) is 0 Å². The number of hydrogen-bond acceptors (Lipinski definition) is 2. The maximum absolute atomic E-state index is 5.18. The Balaban J connectivity index is 1.98. The summed E-state index contributed by atoms with van der Waals surface area (Å²) >= 11 is 0. The molecule has 0 aliphatic carbocycles. The van der Waals surface area contributed by atoms with Gasteiger partial charge in [0.1, 0.15) is 5.75 Å². The molecule has 2 nitrogen and oxygen atoms in total. The number of benzene rings is 2. The molecule has 0 unspecified atom stereocenters. The Kier molecular flexibility index (Phi) is 4.80. The van der Waals surface area contributed by atoms with Gasteiger partial charge in [-0.25, -0.2) is 0 Å².